The number of aromatic nitrogens is 2. The summed E-state index contributed by atoms with van der Waals surface area (Å²) in [5, 5.41) is 22.8. The minimum atomic E-state index is -0.672. The van der Waals surface area contributed by atoms with Crippen LogP contribution in [0.25, 0.3) is 0 Å². The molecule has 0 unspecified atom stereocenters. The van der Waals surface area contributed by atoms with E-state index in [2.05, 4.69) is 20.7 Å². The van der Waals surface area contributed by atoms with Gasteiger partial charge in [0.15, 0.2) is 0 Å². The van der Waals surface area contributed by atoms with Gasteiger partial charge in [0.05, 0.1) is 27.3 Å². The van der Waals surface area contributed by atoms with Gasteiger partial charge < -0.3 is 10.7 Å². The molecule has 0 aliphatic heterocycles. The molecule has 0 radical (unpaired) electrons. The number of nitrogens with zero attached hydrogens (tertiary/aromatic N) is 4. The monoisotopic (exact) mass is 305 g/mol. The Bertz CT molecular complexity index is 744. The summed E-state index contributed by atoms with van der Waals surface area (Å²) < 4.78 is 0. The Morgan fingerprint density at radius 3 is 2.67 bits per heavy atom. The Balaban J connectivity index is 2.45. The van der Waals surface area contributed by atoms with E-state index in [9.17, 15) is 10.1 Å². The number of anilines is 3. The number of hydrazine groups is 1. The van der Waals surface area contributed by atoms with Crippen molar-refractivity contribution in [3.8, 4) is 6.07 Å². The zero-order valence-electron chi connectivity index (χ0n) is 10.4. The quantitative estimate of drug-likeness (QED) is 0.441. The van der Waals surface area contributed by atoms with Crippen LogP contribution in [0.3, 0.4) is 0 Å². The van der Waals surface area contributed by atoms with Gasteiger partial charge in [-0.3, -0.25) is 10.1 Å². The van der Waals surface area contributed by atoms with Crippen molar-refractivity contribution in [3.63, 3.8) is 0 Å². The maximum absolute atomic E-state index is 11.1. The summed E-state index contributed by atoms with van der Waals surface area (Å²) in [7, 11) is 0. The number of nitriles is 1. The number of nitrogen functional groups attached to an aromatic ring is 1. The Hall–Kier alpha value is -2.96. The third-order valence-corrected chi connectivity index (χ3v) is 2.81. The minimum Gasteiger partial charge on any atom is -0.333 e. The minimum absolute atomic E-state index is 0.0745. The van der Waals surface area contributed by atoms with E-state index in [1.807, 2.05) is 6.07 Å². The van der Waals surface area contributed by atoms with E-state index in [-0.39, 0.29) is 16.7 Å². The molecule has 4 N–H and O–H groups in total. The maximum Gasteiger partial charge on any atom is 0.354 e. The summed E-state index contributed by atoms with van der Waals surface area (Å²) in [4.78, 5) is 17.9. The lowest BCUT2D eigenvalue weighted by Crippen LogP contribution is -2.12. The molecule has 1 heterocycles. The van der Waals surface area contributed by atoms with Crippen LogP contribution in [0, 0.1) is 21.4 Å². The van der Waals surface area contributed by atoms with Gasteiger partial charge in [0.25, 0.3) is 0 Å². The van der Waals surface area contributed by atoms with Crippen molar-refractivity contribution in [2.75, 3.05) is 10.7 Å². The highest BCUT2D eigenvalue weighted by atomic mass is 35.5. The van der Waals surface area contributed by atoms with Crippen molar-refractivity contribution in [1.82, 2.24) is 9.97 Å². The molecule has 106 valence electrons. The second kappa shape index (κ2) is 6.00. The number of benzene rings is 1. The fourth-order valence-corrected chi connectivity index (χ4v) is 1.79. The smallest absolute Gasteiger partial charge is 0.333 e. The molecule has 0 saturated heterocycles. The highest BCUT2D eigenvalue weighted by Crippen LogP contribution is 2.33. The van der Waals surface area contributed by atoms with E-state index in [4.69, 9.17) is 22.7 Å². The molecule has 10 heteroatoms. The second-order valence-corrected chi connectivity index (χ2v) is 4.16. The average molecular weight is 306 g/mol. The zero-order valence-corrected chi connectivity index (χ0v) is 11.1. The Morgan fingerprint density at radius 1 is 1.38 bits per heavy atom. The van der Waals surface area contributed by atoms with Crippen molar-refractivity contribution >= 4 is 34.6 Å². The normalized spacial score (nSPS) is 9.76. The first-order valence-electron chi connectivity index (χ1n) is 5.49. The number of rotatable bonds is 4. The van der Waals surface area contributed by atoms with Crippen molar-refractivity contribution < 1.29 is 4.92 Å². The third-order valence-electron chi connectivity index (χ3n) is 2.49. The van der Waals surface area contributed by atoms with Gasteiger partial charge in [-0.05, 0) is 18.2 Å². The summed E-state index contributed by atoms with van der Waals surface area (Å²) in [5.41, 5.74) is 2.44. The van der Waals surface area contributed by atoms with E-state index < -0.39 is 10.6 Å². The van der Waals surface area contributed by atoms with Gasteiger partial charge in [-0.25, -0.2) is 15.8 Å². The van der Waals surface area contributed by atoms with Gasteiger partial charge in [-0.15, -0.1) is 0 Å². The second-order valence-electron chi connectivity index (χ2n) is 3.75. The number of halogens is 1. The molecule has 2 rings (SSSR count). The largest absolute Gasteiger partial charge is 0.354 e. The van der Waals surface area contributed by atoms with E-state index in [0.29, 0.717) is 11.3 Å². The molecular formula is C11H8ClN7O2. The van der Waals surface area contributed by atoms with Crippen LogP contribution < -0.4 is 16.6 Å². The molecule has 0 aliphatic rings. The van der Waals surface area contributed by atoms with Crippen LogP contribution in [-0.4, -0.2) is 14.9 Å². The summed E-state index contributed by atoms with van der Waals surface area (Å²) in [6, 6.07) is 6.40. The van der Waals surface area contributed by atoms with Crippen LogP contribution in [0.4, 0.5) is 23.0 Å². The Labute approximate surface area is 123 Å². The SMILES string of the molecule is N#Cc1ccc(Nc2ncnc(NN)c2[N+](=O)[O-])c(Cl)c1. The van der Waals surface area contributed by atoms with Crippen LogP contribution in [-0.2, 0) is 0 Å². The molecule has 2 aromatic rings. The highest BCUT2D eigenvalue weighted by Gasteiger charge is 2.23. The third kappa shape index (κ3) is 2.97. The fourth-order valence-electron chi connectivity index (χ4n) is 1.56. The zero-order chi connectivity index (χ0) is 15.4. The molecule has 0 amide bonds. The lowest BCUT2D eigenvalue weighted by molar-refractivity contribution is -0.383. The van der Waals surface area contributed by atoms with Crippen LogP contribution in [0.1, 0.15) is 5.56 Å². The first-order chi connectivity index (χ1) is 10.1. The topological polar surface area (TPSA) is 143 Å². The molecule has 0 aliphatic carbocycles. The number of nitrogens with one attached hydrogen (secondary N) is 2. The van der Waals surface area contributed by atoms with Gasteiger partial charge in [-0.1, -0.05) is 11.6 Å². The first kappa shape index (κ1) is 14.4. The van der Waals surface area contributed by atoms with Gasteiger partial charge in [0.1, 0.15) is 6.33 Å². The van der Waals surface area contributed by atoms with Crippen molar-refractivity contribution in [3.05, 3.63) is 45.2 Å². The van der Waals surface area contributed by atoms with Crippen LogP contribution >= 0.6 is 11.6 Å². The fraction of sp³-hybridized carbons (Fsp3) is 0. The van der Waals surface area contributed by atoms with Crippen molar-refractivity contribution in [1.29, 1.82) is 5.26 Å². The van der Waals surface area contributed by atoms with Gasteiger partial charge in [-0.2, -0.15) is 5.26 Å². The van der Waals surface area contributed by atoms with Crippen LogP contribution in [0.5, 0.6) is 0 Å². The molecule has 1 aromatic carbocycles. The summed E-state index contributed by atoms with van der Waals surface area (Å²) >= 11 is 6.00. The lowest BCUT2D eigenvalue weighted by atomic mass is 10.2. The van der Waals surface area contributed by atoms with Gasteiger partial charge >= 0.3 is 5.69 Å². The van der Waals surface area contributed by atoms with Crippen LogP contribution in [0.2, 0.25) is 5.02 Å². The Kier molecular flexibility index (Phi) is 4.13. The molecule has 9 nitrogen and oxygen atoms in total. The van der Waals surface area contributed by atoms with Crippen LogP contribution in [0.15, 0.2) is 24.5 Å². The standard InChI is InChI=1S/C11H8ClN7O2/c12-7-3-6(4-13)1-2-8(7)17-10-9(19(20)21)11(18-14)16-5-15-10/h1-3,5H,14H2,(H2,15,16,17,18). The maximum atomic E-state index is 11.1. The number of nitrogens with two attached hydrogens (primary N) is 1. The number of nitro groups is 1. The van der Waals surface area contributed by atoms with E-state index >= 15 is 0 Å². The average Bonchev–Trinajstić information content (AvgIpc) is 2.48. The lowest BCUT2D eigenvalue weighted by Gasteiger charge is -2.09. The predicted molar refractivity (Wildman–Crippen MR) is 75.9 cm³/mol. The number of hydrogen-bond donors (Lipinski definition) is 3. The number of hydrogen-bond acceptors (Lipinski definition) is 8. The first-order valence-corrected chi connectivity index (χ1v) is 5.87. The van der Waals surface area contributed by atoms with Crippen molar-refractivity contribution in [2.24, 2.45) is 5.84 Å². The molecule has 0 saturated carbocycles. The summed E-state index contributed by atoms with van der Waals surface area (Å²) in [6.07, 6.45) is 1.11. The molecule has 0 bridgehead atoms. The molecule has 0 fully saturated rings. The summed E-state index contributed by atoms with van der Waals surface area (Å²) in [5.74, 6) is 4.97. The molecule has 21 heavy (non-hydrogen) atoms. The molecule has 0 spiro atoms. The van der Waals surface area contributed by atoms with Gasteiger partial charge in [0, 0.05) is 0 Å². The molecule has 0 atom stereocenters. The van der Waals surface area contributed by atoms with Gasteiger partial charge in [0.2, 0.25) is 11.6 Å². The summed E-state index contributed by atoms with van der Waals surface area (Å²) in [6.45, 7) is 0. The van der Waals surface area contributed by atoms with E-state index in [1.54, 1.807) is 0 Å². The highest BCUT2D eigenvalue weighted by molar-refractivity contribution is 6.33. The predicted octanol–water partition coefficient (Wildman–Crippen LogP) is 1.94. The van der Waals surface area contributed by atoms with E-state index in [1.165, 1.54) is 18.2 Å². The van der Waals surface area contributed by atoms with Crippen molar-refractivity contribution in [2.45, 2.75) is 0 Å². The molecule has 1 aromatic heterocycles. The van der Waals surface area contributed by atoms with E-state index in [0.717, 1.165) is 6.33 Å². The Morgan fingerprint density at radius 2 is 2.10 bits per heavy atom. The molecular weight excluding hydrogens is 298 g/mol.